The second kappa shape index (κ2) is 7.79. The van der Waals surface area contributed by atoms with Gasteiger partial charge in [-0.05, 0) is 19.8 Å². The molecule has 0 bridgehead atoms. The summed E-state index contributed by atoms with van der Waals surface area (Å²) in [6.45, 7) is 3.94. The van der Waals surface area contributed by atoms with Gasteiger partial charge in [-0.2, -0.15) is 17.0 Å². The Hall–Kier alpha value is 0.310. The SMILES string of the molecule is COCCN(CCBr)S(=O)(=O)N1CCCCC1C. The van der Waals surface area contributed by atoms with Crippen molar-refractivity contribution in [2.24, 2.45) is 0 Å². The lowest BCUT2D eigenvalue weighted by molar-refractivity contribution is 0.173. The first kappa shape index (κ1) is 16.4. The molecule has 1 aliphatic rings. The van der Waals surface area contributed by atoms with E-state index in [-0.39, 0.29) is 6.04 Å². The van der Waals surface area contributed by atoms with Crippen molar-refractivity contribution in [1.29, 1.82) is 0 Å². The lowest BCUT2D eigenvalue weighted by Gasteiger charge is -2.36. The first-order valence-electron chi connectivity index (χ1n) is 6.36. The number of piperidine rings is 1. The van der Waals surface area contributed by atoms with Gasteiger partial charge in [0.25, 0.3) is 10.2 Å². The summed E-state index contributed by atoms with van der Waals surface area (Å²) in [6.07, 6.45) is 3.02. The number of methoxy groups -OCH3 is 1. The van der Waals surface area contributed by atoms with Crippen molar-refractivity contribution in [3.05, 3.63) is 0 Å². The Morgan fingerprint density at radius 1 is 1.39 bits per heavy atom. The Labute approximate surface area is 119 Å². The third kappa shape index (κ3) is 4.16. The van der Waals surface area contributed by atoms with E-state index < -0.39 is 10.2 Å². The largest absolute Gasteiger partial charge is 0.383 e. The summed E-state index contributed by atoms with van der Waals surface area (Å²) in [5.74, 6) is 0. The highest BCUT2D eigenvalue weighted by Gasteiger charge is 2.33. The number of alkyl halides is 1. The Morgan fingerprint density at radius 3 is 2.67 bits per heavy atom. The van der Waals surface area contributed by atoms with Gasteiger partial charge in [0.05, 0.1) is 6.61 Å². The van der Waals surface area contributed by atoms with Gasteiger partial charge in [0.15, 0.2) is 0 Å². The molecule has 1 atom stereocenters. The molecule has 1 rings (SSSR count). The fourth-order valence-electron chi connectivity index (χ4n) is 2.19. The second-order valence-electron chi connectivity index (χ2n) is 4.54. The molecule has 1 fully saturated rings. The van der Waals surface area contributed by atoms with Crippen LogP contribution in [0.3, 0.4) is 0 Å². The maximum atomic E-state index is 12.6. The Kier molecular flexibility index (Phi) is 7.08. The van der Waals surface area contributed by atoms with Crippen LogP contribution in [0.15, 0.2) is 0 Å². The molecule has 0 aromatic rings. The third-order valence-corrected chi connectivity index (χ3v) is 5.75. The first-order valence-corrected chi connectivity index (χ1v) is 8.87. The van der Waals surface area contributed by atoms with Crippen LogP contribution in [0, 0.1) is 0 Å². The minimum Gasteiger partial charge on any atom is -0.383 e. The lowest BCUT2D eigenvalue weighted by Crippen LogP contribution is -2.50. The van der Waals surface area contributed by atoms with Crippen LogP contribution in [0.4, 0.5) is 0 Å². The molecule has 0 amide bonds. The normalized spacial score (nSPS) is 22.6. The van der Waals surface area contributed by atoms with E-state index in [0.717, 1.165) is 19.3 Å². The summed E-state index contributed by atoms with van der Waals surface area (Å²) in [5.41, 5.74) is 0. The monoisotopic (exact) mass is 342 g/mol. The van der Waals surface area contributed by atoms with Gasteiger partial charge in [0.2, 0.25) is 0 Å². The first-order chi connectivity index (χ1) is 8.54. The van der Waals surface area contributed by atoms with E-state index in [1.54, 1.807) is 11.4 Å². The molecule has 1 heterocycles. The Balaban J connectivity index is 2.78. The molecule has 0 N–H and O–H groups in total. The zero-order valence-electron chi connectivity index (χ0n) is 11.1. The van der Waals surface area contributed by atoms with Crippen LogP contribution in [-0.2, 0) is 14.9 Å². The molecule has 108 valence electrons. The number of nitrogens with zero attached hydrogens (tertiary/aromatic N) is 2. The molecule has 5 nitrogen and oxygen atoms in total. The van der Waals surface area contributed by atoms with Gasteiger partial charge in [-0.25, -0.2) is 0 Å². The molecule has 1 aliphatic heterocycles. The molecule has 7 heteroatoms. The van der Waals surface area contributed by atoms with Crippen LogP contribution in [0.2, 0.25) is 0 Å². The molecule has 0 aromatic carbocycles. The van der Waals surface area contributed by atoms with Gasteiger partial charge in [0.1, 0.15) is 0 Å². The van der Waals surface area contributed by atoms with Gasteiger partial charge in [-0.1, -0.05) is 22.4 Å². The summed E-state index contributed by atoms with van der Waals surface area (Å²) in [7, 11) is -1.77. The maximum Gasteiger partial charge on any atom is 0.282 e. The van der Waals surface area contributed by atoms with E-state index in [0.29, 0.717) is 31.6 Å². The number of ether oxygens (including phenoxy) is 1. The predicted molar refractivity (Wildman–Crippen MR) is 76.2 cm³/mol. The number of rotatable bonds is 7. The minimum absolute atomic E-state index is 0.101. The average Bonchev–Trinajstić information content (AvgIpc) is 2.34. The lowest BCUT2D eigenvalue weighted by atomic mass is 10.1. The van der Waals surface area contributed by atoms with Gasteiger partial charge in [-0.3, -0.25) is 0 Å². The Bertz CT molecular complexity index is 337. The van der Waals surface area contributed by atoms with Crippen molar-refractivity contribution in [2.45, 2.75) is 32.2 Å². The second-order valence-corrected chi connectivity index (χ2v) is 7.22. The summed E-state index contributed by atoms with van der Waals surface area (Å²) in [6, 6.07) is 0.101. The quantitative estimate of drug-likeness (QED) is 0.658. The highest BCUT2D eigenvalue weighted by Crippen LogP contribution is 2.22. The maximum absolute atomic E-state index is 12.6. The standard InChI is InChI=1S/C11H23BrN2O3S/c1-11-5-3-4-7-14(11)18(15,16)13(8-6-12)9-10-17-2/h11H,3-10H2,1-2H3. The van der Waals surface area contributed by atoms with Crippen LogP contribution in [-0.4, -0.2) is 61.8 Å². The van der Waals surface area contributed by atoms with Crippen LogP contribution >= 0.6 is 15.9 Å². The molecule has 0 radical (unpaired) electrons. The summed E-state index contributed by atoms with van der Waals surface area (Å²) < 4.78 is 33.3. The molecular formula is C11H23BrN2O3S. The van der Waals surface area contributed by atoms with E-state index in [1.807, 2.05) is 6.92 Å². The van der Waals surface area contributed by atoms with E-state index in [4.69, 9.17) is 4.74 Å². The smallest absolute Gasteiger partial charge is 0.282 e. The van der Waals surface area contributed by atoms with Crippen molar-refractivity contribution in [3.63, 3.8) is 0 Å². The summed E-state index contributed by atoms with van der Waals surface area (Å²) in [4.78, 5) is 0. The predicted octanol–water partition coefficient (Wildman–Crippen LogP) is 1.45. The third-order valence-electron chi connectivity index (χ3n) is 3.24. The highest BCUT2D eigenvalue weighted by molar-refractivity contribution is 9.09. The van der Waals surface area contributed by atoms with E-state index in [9.17, 15) is 8.42 Å². The topological polar surface area (TPSA) is 49.9 Å². The van der Waals surface area contributed by atoms with E-state index >= 15 is 0 Å². The zero-order valence-corrected chi connectivity index (χ0v) is 13.5. The van der Waals surface area contributed by atoms with Crippen molar-refractivity contribution in [1.82, 2.24) is 8.61 Å². The van der Waals surface area contributed by atoms with Crippen molar-refractivity contribution in [3.8, 4) is 0 Å². The van der Waals surface area contributed by atoms with Gasteiger partial charge in [-0.15, -0.1) is 0 Å². The number of halogens is 1. The van der Waals surface area contributed by atoms with Crippen LogP contribution < -0.4 is 0 Å². The Morgan fingerprint density at radius 2 is 2.11 bits per heavy atom. The van der Waals surface area contributed by atoms with Gasteiger partial charge >= 0.3 is 0 Å². The average molecular weight is 343 g/mol. The molecular weight excluding hydrogens is 320 g/mol. The van der Waals surface area contributed by atoms with Crippen molar-refractivity contribution in [2.75, 3.05) is 38.7 Å². The van der Waals surface area contributed by atoms with E-state index in [1.165, 1.54) is 4.31 Å². The minimum atomic E-state index is -3.35. The van der Waals surface area contributed by atoms with Crippen LogP contribution in [0.5, 0.6) is 0 Å². The molecule has 0 aromatic heterocycles. The fourth-order valence-corrected chi connectivity index (χ4v) is 4.70. The van der Waals surface area contributed by atoms with Gasteiger partial charge < -0.3 is 4.74 Å². The molecule has 18 heavy (non-hydrogen) atoms. The molecule has 1 saturated heterocycles. The fraction of sp³-hybridized carbons (Fsp3) is 1.00. The molecule has 0 saturated carbocycles. The molecule has 1 unspecified atom stereocenters. The highest BCUT2D eigenvalue weighted by atomic mass is 79.9. The molecule has 0 spiro atoms. The summed E-state index contributed by atoms with van der Waals surface area (Å²) >= 11 is 3.31. The van der Waals surface area contributed by atoms with E-state index in [2.05, 4.69) is 15.9 Å². The number of hydrogen-bond acceptors (Lipinski definition) is 3. The van der Waals surface area contributed by atoms with Crippen molar-refractivity contribution < 1.29 is 13.2 Å². The summed E-state index contributed by atoms with van der Waals surface area (Å²) in [5, 5.41) is 0.637. The van der Waals surface area contributed by atoms with Gasteiger partial charge in [0, 0.05) is 38.1 Å². The van der Waals surface area contributed by atoms with Crippen LogP contribution in [0.1, 0.15) is 26.2 Å². The van der Waals surface area contributed by atoms with Crippen LogP contribution in [0.25, 0.3) is 0 Å². The molecule has 0 aliphatic carbocycles. The van der Waals surface area contributed by atoms with Crippen molar-refractivity contribution >= 4 is 26.1 Å². The number of hydrogen-bond donors (Lipinski definition) is 0. The zero-order chi connectivity index (χ0) is 13.6.